The summed E-state index contributed by atoms with van der Waals surface area (Å²) in [5, 5.41) is 8.76. The molecular formula is C19H17F2N3S. The highest BCUT2D eigenvalue weighted by molar-refractivity contribution is 7.99. The molecule has 2 aromatic carbocycles. The van der Waals surface area contributed by atoms with Gasteiger partial charge in [0.25, 0.3) is 0 Å². The molecule has 1 heterocycles. The lowest BCUT2D eigenvalue weighted by Gasteiger charge is -2.13. The smallest absolute Gasteiger partial charge is 0.192 e. The Morgan fingerprint density at radius 1 is 1.08 bits per heavy atom. The molecule has 6 heteroatoms. The van der Waals surface area contributed by atoms with Gasteiger partial charge in [-0.25, -0.2) is 8.78 Å². The number of hydrogen-bond donors (Lipinski definition) is 0. The molecule has 0 amide bonds. The van der Waals surface area contributed by atoms with E-state index in [-0.39, 0.29) is 16.9 Å². The van der Waals surface area contributed by atoms with Gasteiger partial charge in [-0.15, -0.1) is 16.8 Å². The molecule has 0 saturated carbocycles. The van der Waals surface area contributed by atoms with Crippen molar-refractivity contribution < 1.29 is 8.78 Å². The summed E-state index contributed by atoms with van der Waals surface area (Å²) in [7, 11) is 0. The molecule has 0 aliphatic rings. The van der Waals surface area contributed by atoms with Crippen LogP contribution in [-0.4, -0.2) is 14.8 Å². The maximum atomic E-state index is 14.1. The quantitative estimate of drug-likeness (QED) is 0.445. The van der Waals surface area contributed by atoms with Crippen molar-refractivity contribution >= 4 is 11.8 Å². The lowest BCUT2D eigenvalue weighted by molar-refractivity contribution is 0.610. The molecule has 0 saturated heterocycles. The fourth-order valence-electron chi connectivity index (χ4n) is 2.54. The van der Waals surface area contributed by atoms with Crippen molar-refractivity contribution in [3.8, 4) is 11.4 Å². The second-order valence-corrected chi connectivity index (χ2v) is 6.77. The Morgan fingerprint density at radius 2 is 1.76 bits per heavy atom. The van der Waals surface area contributed by atoms with Crippen LogP contribution in [0, 0.1) is 11.6 Å². The van der Waals surface area contributed by atoms with Gasteiger partial charge in [0.2, 0.25) is 0 Å². The molecule has 3 rings (SSSR count). The van der Waals surface area contributed by atoms with Gasteiger partial charge in [-0.2, -0.15) is 0 Å². The zero-order valence-corrected chi connectivity index (χ0v) is 14.5. The van der Waals surface area contributed by atoms with Crippen LogP contribution in [-0.2, 0) is 6.54 Å². The molecule has 1 aromatic heterocycles. The number of aromatic nitrogens is 3. The Bertz CT molecular complexity index is 892. The first-order valence-electron chi connectivity index (χ1n) is 7.82. The van der Waals surface area contributed by atoms with Crippen LogP contribution in [0.2, 0.25) is 0 Å². The third-order valence-electron chi connectivity index (χ3n) is 3.77. The lowest BCUT2D eigenvalue weighted by Crippen LogP contribution is -2.03. The molecule has 0 N–H and O–H groups in total. The van der Waals surface area contributed by atoms with Gasteiger partial charge in [0.1, 0.15) is 11.6 Å². The van der Waals surface area contributed by atoms with Gasteiger partial charge < -0.3 is 0 Å². The second-order valence-electron chi connectivity index (χ2n) is 5.47. The molecule has 0 spiro atoms. The molecule has 0 fully saturated rings. The molecule has 128 valence electrons. The maximum absolute atomic E-state index is 14.1. The second kappa shape index (κ2) is 7.61. The van der Waals surface area contributed by atoms with Gasteiger partial charge in [-0.05, 0) is 25.1 Å². The normalized spacial score (nSPS) is 12.1. The van der Waals surface area contributed by atoms with E-state index in [2.05, 4.69) is 16.8 Å². The predicted molar refractivity (Wildman–Crippen MR) is 96.3 cm³/mol. The minimum Gasteiger partial charge on any atom is -0.298 e. The molecule has 0 radical (unpaired) electrons. The summed E-state index contributed by atoms with van der Waals surface area (Å²) in [6, 6.07) is 13.1. The number of hydrogen-bond acceptors (Lipinski definition) is 3. The first-order chi connectivity index (χ1) is 12.1. The largest absolute Gasteiger partial charge is 0.298 e. The standard InChI is InChI=1S/C19H17F2N3S/c1-3-12-24-18(15-9-5-7-11-17(15)21)22-23-19(24)25-13(2)14-8-4-6-10-16(14)20/h3-11,13H,1,12H2,2H3. The molecule has 0 aliphatic carbocycles. The molecule has 3 nitrogen and oxygen atoms in total. The van der Waals surface area contributed by atoms with Crippen LogP contribution in [0.15, 0.2) is 66.3 Å². The molecule has 1 unspecified atom stereocenters. The molecule has 3 aromatic rings. The summed E-state index contributed by atoms with van der Waals surface area (Å²) in [5.41, 5.74) is 0.968. The van der Waals surface area contributed by atoms with E-state index >= 15 is 0 Å². The average molecular weight is 357 g/mol. The van der Waals surface area contributed by atoms with E-state index in [1.165, 1.54) is 23.9 Å². The molecular weight excluding hydrogens is 340 g/mol. The minimum absolute atomic E-state index is 0.164. The van der Waals surface area contributed by atoms with Crippen molar-refractivity contribution in [2.24, 2.45) is 0 Å². The number of thioether (sulfide) groups is 1. The van der Waals surface area contributed by atoms with E-state index in [1.807, 2.05) is 6.92 Å². The van der Waals surface area contributed by atoms with Crippen LogP contribution in [0.3, 0.4) is 0 Å². The van der Waals surface area contributed by atoms with Crippen LogP contribution < -0.4 is 0 Å². The van der Waals surface area contributed by atoms with Crippen molar-refractivity contribution in [3.05, 3.63) is 78.4 Å². The Labute approximate surface area is 149 Å². The Hall–Kier alpha value is -2.47. The van der Waals surface area contributed by atoms with Crippen molar-refractivity contribution in [2.45, 2.75) is 23.9 Å². The van der Waals surface area contributed by atoms with Gasteiger partial charge in [-0.1, -0.05) is 48.2 Å². The Balaban J connectivity index is 1.96. The van der Waals surface area contributed by atoms with E-state index in [0.717, 1.165) is 0 Å². The summed E-state index contributed by atoms with van der Waals surface area (Å²) in [4.78, 5) is 0. The van der Waals surface area contributed by atoms with E-state index in [4.69, 9.17) is 0 Å². The van der Waals surface area contributed by atoms with Gasteiger partial charge >= 0.3 is 0 Å². The topological polar surface area (TPSA) is 30.7 Å². The number of benzene rings is 2. The molecule has 0 bridgehead atoms. The maximum Gasteiger partial charge on any atom is 0.192 e. The zero-order chi connectivity index (χ0) is 17.8. The summed E-state index contributed by atoms with van der Waals surface area (Å²) < 4.78 is 29.9. The van der Waals surface area contributed by atoms with Gasteiger partial charge in [0, 0.05) is 17.4 Å². The van der Waals surface area contributed by atoms with E-state index < -0.39 is 0 Å². The van der Waals surface area contributed by atoms with Crippen molar-refractivity contribution in [1.82, 2.24) is 14.8 Å². The fraction of sp³-hybridized carbons (Fsp3) is 0.158. The SMILES string of the molecule is C=CCn1c(SC(C)c2ccccc2F)nnc1-c1ccccc1F. The van der Waals surface area contributed by atoms with Crippen molar-refractivity contribution in [1.29, 1.82) is 0 Å². The monoisotopic (exact) mass is 357 g/mol. The van der Waals surface area contributed by atoms with Gasteiger partial charge in [0.15, 0.2) is 11.0 Å². The number of nitrogens with zero attached hydrogens (tertiary/aromatic N) is 3. The van der Waals surface area contributed by atoms with Gasteiger partial charge in [-0.3, -0.25) is 4.57 Å². The highest BCUT2D eigenvalue weighted by Gasteiger charge is 2.20. The molecule has 0 aliphatic heterocycles. The summed E-state index contributed by atoms with van der Waals surface area (Å²) in [6.45, 7) is 6.08. The van der Waals surface area contributed by atoms with Crippen LogP contribution in [0.4, 0.5) is 8.78 Å². The average Bonchev–Trinajstić information content (AvgIpc) is 2.98. The number of rotatable bonds is 6. The van der Waals surface area contributed by atoms with Crippen molar-refractivity contribution in [2.75, 3.05) is 0 Å². The van der Waals surface area contributed by atoms with Crippen LogP contribution in [0.1, 0.15) is 17.7 Å². The predicted octanol–water partition coefficient (Wildman–Crippen LogP) is 5.26. The van der Waals surface area contributed by atoms with E-state index in [0.29, 0.717) is 28.7 Å². The molecule has 25 heavy (non-hydrogen) atoms. The highest BCUT2D eigenvalue weighted by atomic mass is 32.2. The first kappa shape index (κ1) is 17.4. The lowest BCUT2D eigenvalue weighted by atomic mass is 10.1. The number of allylic oxidation sites excluding steroid dienone is 1. The Kier molecular flexibility index (Phi) is 5.28. The first-order valence-corrected chi connectivity index (χ1v) is 8.70. The molecule has 1 atom stereocenters. The third kappa shape index (κ3) is 3.64. The highest BCUT2D eigenvalue weighted by Crippen LogP contribution is 2.36. The summed E-state index contributed by atoms with van der Waals surface area (Å²) in [5.74, 6) is -0.188. The third-order valence-corrected chi connectivity index (χ3v) is 4.89. The summed E-state index contributed by atoms with van der Waals surface area (Å²) in [6.07, 6.45) is 1.70. The number of halogens is 2. The van der Waals surface area contributed by atoms with E-state index in [9.17, 15) is 8.78 Å². The zero-order valence-electron chi connectivity index (χ0n) is 13.7. The van der Waals surface area contributed by atoms with Crippen molar-refractivity contribution in [3.63, 3.8) is 0 Å². The van der Waals surface area contributed by atoms with Gasteiger partial charge in [0.05, 0.1) is 5.56 Å². The van der Waals surface area contributed by atoms with Crippen LogP contribution in [0.5, 0.6) is 0 Å². The Morgan fingerprint density at radius 3 is 2.44 bits per heavy atom. The van der Waals surface area contributed by atoms with Crippen LogP contribution in [0.25, 0.3) is 11.4 Å². The summed E-state index contributed by atoms with van der Waals surface area (Å²) >= 11 is 1.38. The minimum atomic E-state index is -0.362. The fourth-order valence-corrected chi connectivity index (χ4v) is 3.55. The van der Waals surface area contributed by atoms with E-state index in [1.54, 1.807) is 47.0 Å². The van der Waals surface area contributed by atoms with Crippen LogP contribution >= 0.6 is 11.8 Å².